The standard InChI is InChI=1S/C6H4NO3.Fe/c8-6-4-2-1-3-5(6)7(9)10;/h2-4,8H;. The third-order valence-corrected chi connectivity index (χ3v) is 1.47. The number of hydrogen-bond acceptors (Lipinski definition) is 3. The minimum absolute atomic E-state index is 0.308. The van der Waals surface area contributed by atoms with Gasteiger partial charge in [0, 0.05) is 0 Å². The van der Waals surface area contributed by atoms with Crippen LogP contribution in [0.15, 0.2) is 18.2 Å². The molecule has 1 aromatic rings. The van der Waals surface area contributed by atoms with E-state index >= 15 is 0 Å². The van der Waals surface area contributed by atoms with Gasteiger partial charge in [0.15, 0.2) is 0 Å². The van der Waals surface area contributed by atoms with E-state index in [4.69, 9.17) is 5.11 Å². The molecule has 0 amide bonds. The van der Waals surface area contributed by atoms with Crippen molar-refractivity contribution < 1.29 is 26.0 Å². The summed E-state index contributed by atoms with van der Waals surface area (Å²) in [5.74, 6) is -0.331. The molecule has 0 saturated carbocycles. The number of hydrogen-bond donors (Lipinski definition) is 1. The normalized spacial score (nSPS) is 9.55. The molecular weight excluding hydrogens is 190 g/mol. The summed E-state index contributed by atoms with van der Waals surface area (Å²) in [5, 5.41) is 19.1. The van der Waals surface area contributed by atoms with Crippen LogP contribution in [0.4, 0.5) is 5.69 Å². The first kappa shape index (κ1) is 8.04. The second-order valence-electron chi connectivity index (χ2n) is 1.88. The number of rotatable bonds is 1. The molecule has 0 spiro atoms. The van der Waals surface area contributed by atoms with Gasteiger partial charge in [-0.3, -0.25) is 0 Å². The van der Waals surface area contributed by atoms with Gasteiger partial charge in [0.25, 0.3) is 0 Å². The number of aromatic hydroxyl groups is 1. The minimum atomic E-state index is -0.649. The number of phenols is 1. The molecule has 0 aromatic heterocycles. The maximum atomic E-state index is 10.2. The van der Waals surface area contributed by atoms with Crippen LogP contribution in [-0.2, 0) is 16.0 Å². The Labute approximate surface area is 70.8 Å². The van der Waals surface area contributed by atoms with Crippen molar-refractivity contribution in [1.29, 1.82) is 0 Å². The molecule has 0 radical (unpaired) electrons. The monoisotopic (exact) mass is 194 g/mol. The predicted octanol–water partition coefficient (Wildman–Crippen LogP) is 0.472. The van der Waals surface area contributed by atoms with Gasteiger partial charge in [-0.25, -0.2) is 0 Å². The predicted molar refractivity (Wildman–Crippen MR) is 34.4 cm³/mol. The Morgan fingerprint density at radius 3 is 2.64 bits per heavy atom. The number of nitrogens with zero attached hydrogens (tertiary/aromatic N) is 1. The zero-order valence-electron chi connectivity index (χ0n) is 5.30. The van der Waals surface area contributed by atoms with E-state index in [2.05, 4.69) is 16.0 Å². The average Bonchev–Trinajstić information content (AvgIpc) is 1.94. The Hall–Kier alpha value is -1.06. The fourth-order valence-corrected chi connectivity index (χ4v) is 0.880. The molecule has 0 unspecified atom stereocenters. The van der Waals surface area contributed by atoms with Gasteiger partial charge in [-0.1, -0.05) is 0 Å². The van der Waals surface area contributed by atoms with Gasteiger partial charge < -0.3 is 0 Å². The molecule has 0 heterocycles. The number of benzene rings is 1. The Morgan fingerprint density at radius 2 is 2.18 bits per heavy atom. The first-order valence-corrected chi connectivity index (χ1v) is 3.28. The average molecular weight is 194 g/mol. The fraction of sp³-hybridized carbons (Fsp3) is 0. The van der Waals surface area contributed by atoms with Crippen molar-refractivity contribution in [3.05, 3.63) is 28.3 Å². The molecule has 1 N–H and O–H groups in total. The summed E-state index contributed by atoms with van der Waals surface area (Å²) in [7, 11) is 0. The summed E-state index contributed by atoms with van der Waals surface area (Å²) >= 11 is 3.49. The third kappa shape index (κ3) is 1.69. The second-order valence-corrected chi connectivity index (χ2v) is 2.51. The van der Waals surface area contributed by atoms with E-state index in [9.17, 15) is 10.1 Å². The van der Waals surface area contributed by atoms with E-state index in [1.54, 1.807) is 0 Å². The number of nitro benzene ring substituents is 1. The van der Waals surface area contributed by atoms with Crippen LogP contribution in [0.1, 0.15) is 0 Å². The first-order valence-electron chi connectivity index (χ1n) is 2.73. The van der Waals surface area contributed by atoms with E-state index in [1.165, 1.54) is 18.2 Å². The van der Waals surface area contributed by atoms with E-state index in [0.717, 1.165) is 0 Å². The summed E-state index contributed by atoms with van der Waals surface area (Å²) in [6, 6.07) is 3.97. The van der Waals surface area contributed by atoms with Crippen molar-refractivity contribution in [3.8, 4) is 5.75 Å². The molecule has 0 atom stereocenters. The van der Waals surface area contributed by atoms with Gasteiger partial charge >= 0.3 is 70.3 Å². The van der Waals surface area contributed by atoms with E-state index in [-0.39, 0.29) is 11.4 Å². The summed E-state index contributed by atoms with van der Waals surface area (Å²) in [6.45, 7) is 0. The van der Waals surface area contributed by atoms with Crippen molar-refractivity contribution >= 4 is 10.1 Å². The Balaban J connectivity index is 3.23. The van der Waals surface area contributed by atoms with Crippen LogP contribution in [0, 0.1) is 10.1 Å². The van der Waals surface area contributed by atoms with Gasteiger partial charge in [-0.15, -0.1) is 0 Å². The van der Waals surface area contributed by atoms with Crippen LogP contribution >= 0.6 is 0 Å². The van der Waals surface area contributed by atoms with Gasteiger partial charge in [0.05, 0.1) is 0 Å². The molecule has 0 aliphatic rings. The molecular formula is C6H4FeNO3. The fourth-order valence-electron chi connectivity index (χ4n) is 0.637. The summed E-state index contributed by atoms with van der Waals surface area (Å²) in [6.07, 6.45) is 0. The quantitative estimate of drug-likeness (QED) is 0.401. The van der Waals surface area contributed by atoms with Crippen molar-refractivity contribution in [3.63, 3.8) is 0 Å². The zero-order chi connectivity index (χ0) is 8.43. The third-order valence-electron chi connectivity index (χ3n) is 1.13. The van der Waals surface area contributed by atoms with Crippen molar-refractivity contribution in [2.45, 2.75) is 0 Å². The van der Waals surface area contributed by atoms with E-state index < -0.39 is 4.92 Å². The zero-order valence-corrected chi connectivity index (χ0v) is 6.40. The van der Waals surface area contributed by atoms with Gasteiger partial charge in [-0.05, 0) is 0 Å². The van der Waals surface area contributed by atoms with Crippen molar-refractivity contribution in [2.75, 3.05) is 0 Å². The molecule has 0 aliphatic heterocycles. The molecule has 11 heavy (non-hydrogen) atoms. The molecule has 5 heteroatoms. The topological polar surface area (TPSA) is 63.4 Å². The van der Waals surface area contributed by atoms with Gasteiger partial charge in [-0.2, -0.15) is 0 Å². The van der Waals surface area contributed by atoms with E-state index in [0.29, 0.717) is 4.46 Å². The molecule has 1 rings (SSSR count). The van der Waals surface area contributed by atoms with Gasteiger partial charge in [0.1, 0.15) is 0 Å². The van der Waals surface area contributed by atoms with E-state index in [1.807, 2.05) is 0 Å². The van der Waals surface area contributed by atoms with Crippen LogP contribution < -0.4 is 4.46 Å². The molecule has 0 fully saturated rings. The molecule has 0 bridgehead atoms. The number of phenolic OH excluding ortho intramolecular Hbond substituents is 1. The van der Waals surface area contributed by atoms with Crippen molar-refractivity contribution in [2.24, 2.45) is 0 Å². The Morgan fingerprint density at radius 1 is 1.55 bits per heavy atom. The molecule has 0 saturated heterocycles. The summed E-state index contributed by atoms with van der Waals surface area (Å²) < 4.78 is 0.509. The molecule has 4 nitrogen and oxygen atoms in total. The maximum absolute atomic E-state index is 10.2. The van der Waals surface area contributed by atoms with Crippen LogP contribution in [0.25, 0.3) is 0 Å². The number of nitro groups is 1. The second kappa shape index (κ2) is 2.90. The first-order chi connectivity index (χ1) is 5.11. The molecule has 0 aliphatic carbocycles. The molecule has 1 aromatic carbocycles. The Kier molecular flexibility index (Phi) is 2.12. The van der Waals surface area contributed by atoms with Crippen LogP contribution in [-0.4, -0.2) is 10.0 Å². The van der Waals surface area contributed by atoms with Crippen LogP contribution in [0.2, 0.25) is 0 Å². The summed E-state index contributed by atoms with van der Waals surface area (Å²) in [5.41, 5.74) is -0.308. The van der Waals surface area contributed by atoms with Crippen LogP contribution in [0.3, 0.4) is 0 Å². The Bertz CT molecular complexity index is 300. The molecule has 59 valence electrons. The van der Waals surface area contributed by atoms with Gasteiger partial charge in [0.2, 0.25) is 0 Å². The SMILES string of the molecule is O=[N+]([O-])c1c[c]([Fe])ccc1O. The summed E-state index contributed by atoms with van der Waals surface area (Å²) in [4.78, 5) is 9.54. The van der Waals surface area contributed by atoms with Crippen LogP contribution in [0.5, 0.6) is 5.75 Å². The van der Waals surface area contributed by atoms with Crippen molar-refractivity contribution in [1.82, 2.24) is 0 Å².